The van der Waals surface area contributed by atoms with Crippen LogP contribution in [0.4, 0.5) is 5.69 Å². The monoisotopic (exact) mass is 469 g/mol. The maximum atomic E-state index is 13.6. The number of anilines is 1. The highest BCUT2D eigenvalue weighted by molar-refractivity contribution is 5.93. The molecule has 3 heterocycles. The molecule has 2 aromatic carbocycles. The van der Waals surface area contributed by atoms with Gasteiger partial charge in [-0.25, -0.2) is 0 Å². The number of benzene rings is 2. The Hall–Kier alpha value is -3.84. The summed E-state index contributed by atoms with van der Waals surface area (Å²) in [5.74, 6) is 1.40. The van der Waals surface area contributed by atoms with Crippen LogP contribution in [-0.2, 0) is 13.1 Å². The minimum absolute atomic E-state index is 0.0931. The lowest BCUT2D eigenvalue weighted by Gasteiger charge is -2.27. The van der Waals surface area contributed by atoms with Crippen LogP contribution in [0.5, 0.6) is 0 Å². The number of aryl methyl sites for hydroxylation is 1. The lowest BCUT2D eigenvalue weighted by atomic mass is 10.1. The third-order valence-corrected chi connectivity index (χ3v) is 6.37. The van der Waals surface area contributed by atoms with Crippen molar-refractivity contribution in [2.45, 2.75) is 26.4 Å². The van der Waals surface area contributed by atoms with E-state index >= 15 is 0 Å². The van der Waals surface area contributed by atoms with Crippen LogP contribution < -0.4 is 5.32 Å². The number of rotatable bonds is 4. The van der Waals surface area contributed by atoms with Gasteiger partial charge in [0, 0.05) is 51.0 Å². The van der Waals surface area contributed by atoms with Crippen LogP contribution in [0.3, 0.4) is 0 Å². The first-order valence-corrected chi connectivity index (χ1v) is 12.2. The van der Waals surface area contributed by atoms with Crippen molar-refractivity contribution >= 4 is 11.6 Å². The maximum absolute atomic E-state index is 13.6. The molecule has 2 N–H and O–H groups in total. The van der Waals surface area contributed by atoms with Crippen molar-refractivity contribution < 1.29 is 9.21 Å². The van der Waals surface area contributed by atoms with Crippen molar-refractivity contribution in [3.63, 3.8) is 0 Å². The van der Waals surface area contributed by atoms with Gasteiger partial charge >= 0.3 is 0 Å². The Kier molecular flexibility index (Phi) is 6.95. The van der Waals surface area contributed by atoms with E-state index in [1.165, 1.54) is 5.56 Å². The summed E-state index contributed by atoms with van der Waals surface area (Å²) in [7, 11) is 0. The van der Waals surface area contributed by atoms with E-state index in [9.17, 15) is 4.79 Å². The van der Waals surface area contributed by atoms with E-state index in [2.05, 4.69) is 56.8 Å². The predicted octanol–water partition coefficient (Wildman–Crippen LogP) is 4.94. The smallest absolute Gasteiger partial charge is 0.274 e. The molecule has 1 amide bonds. The Morgan fingerprint density at radius 3 is 2.66 bits per heavy atom. The number of H-pyrrole nitrogens is 1. The molecule has 0 bridgehead atoms. The number of nitrogens with one attached hydrogen (secondary N) is 2. The summed E-state index contributed by atoms with van der Waals surface area (Å²) in [4.78, 5) is 18.0. The summed E-state index contributed by atoms with van der Waals surface area (Å²) in [5.41, 5.74) is 4.56. The average Bonchev–Trinajstić information content (AvgIpc) is 3.53. The molecule has 0 saturated carbocycles. The summed E-state index contributed by atoms with van der Waals surface area (Å²) in [6.07, 6.45) is 1.03. The second-order valence-electron chi connectivity index (χ2n) is 9.00. The van der Waals surface area contributed by atoms with E-state index in [0.29, 0.717) is 30.2 Å². The first-order chi connectivity index (χ1) is 17.2. The molecule has 5 rings (SSSR count). The Labute approximate surface area is 205 Å². The fourth-order valence-corrected chi connectivity index (χ4v) is 4.49. The van der Waals surface area contributed by atoms with E-state index in [1.54, 1.807) is 6.07 Å². The maximum Gasteiger partial charge on any atom is 0.274 e. The number of nitrogens with zero attached hydrogens (tertiary/aromatic N) is 3. The molecule has 0 unspecified atom stereocenters. The number of furan rings is 1. The lowest BCUT2D eigenvalue weighted by Crippen LogP contribution is -2.38. The van der Waals surface area contributed by atoms with Gasteiger partial charge < -0.3 is 14.6 Å². The summed E-state index contributed by atoms with van der Waals surface area (Å²) in [6.45, 7) is 6.52. The Bertz CT molecular complexity index is 1260. The van der Waals surface area contributed by atoms with Crippen LogP contribution in [0, 0.1) is 6.92 Å². The number of para-hydroxylation sites is 1. The number of aromatic amines is 1. The van der Waals surface area contributed by atoms with E-state index in [4.69, 9.17) is 4.42 Å². The van der Waals surface area contributed by atoms with E-state index in [1.807, 2.05) is 42.2 Å². The number of hydrogen-bond donors (Lipinski definition) is 2. The fraction of sp³-hybridized carbons (Fsp3) is 0.286. The first kappa shape index (κ1) is 22.9. The number of carbonyl (C=O) groups excluding carboxylic acids is 1. The van der Waals surface area contributed by atoms with Crippen molar-refractivity contribution in [3.05, 3.63) is 95.4 Å². The zero-order valence-corrected chi connectivity index (χ0v) is 20.0. The molecule has 0 saturated heterocycles. The largest absolute Gasteiger partial charge is 0.460 e. The van der Waals surface area contributed by atoms with Crippen molar-refractivity contribution in [1.82, 2.24) is 20.0 Å². The molecule has 4 aromatic rings. The van der Waals surface area contributed by atoms with Gasteiger partial charge in [-0.2, -0.15) is 5.10 Å². The number of hydrogen-bond acceptors (Lipinski definition) is 5. The first-order valence-electron chi connectivity index (χ1n) is 12.2. The van der Waals surface area contributed by atoms with Crippen LogP contribution in [-0.4, -0.2) is 52.1 Å². The molecule has 7 heteroatoms. The van der Waals surface area contributed by atoms with E-state index in [0.717, 1.165) is 49.6 Å². The van der Waals surface area contributed by atoms with Gasteiger partial charge in [-0.15, -0.1) is 0 Å². The lowest BCUT2D eigenvalue weighted by molar-refractivity contribution is 0.0714. The topological polar surface area (TPSA) is 77.4 Å². The van der Waals surface area contributed by atoms with Crippen LogP contribution >= 0.6 is 0 Å². The summed E-state index contributed by atoms with van der Waals surface area (Å²) in [6, 6.07) is 24.3. The molecule has 1 aliphatic rings. The molecule has 0 radical (unpaired) electrons. The zero-order chi connectivity index (χ0) is 24.0. The minimum Gasteiger partial charge on any atom is -0.460 e. The van der Waals surface area contributed by atoms with Crippen LogP contribution in [0.25, 0.3) is 11.5 Å². The second kappa shape index (κ2) is 10.6. The van der Waals surface area contributed by atoms with Gasteiger partial charge in [-0.05, 0) is 42.7 Å². The van der Waals surface area contributed by atoms with Gasteiger partial charge in [0.15, 0.2) is 11.5 Å². The highest BCUT2D eigenvalue weighted by Gasteiger charge is 2.22. The fourth-order valence-electron chi connectivity index (χ4n) is 4.49. The zero-order valence-electron chi connectivity index (χ0n) is 20.0. The molecule has 2 aromatic heterocycles. The van der Waals surface area contributed by atoms with E-state index in [-0.39, 0.29) is 5.91 Å². The predicted molar refractivity (Wildman–Crippen MR) is 137 cm³/mol. The van der Waals surface area contributed by atoms with Gasteiger partial charge in [-0.3, -0.25) is 14.8 Å². The minimum atomic E-state index is -0.0931. The summed E-state index contributed by atoms with van der Waals surface area (Å²) < 4.78 is 5.69. The molecule has 7 nitrogen and oxygen atoms in total. The normalized spacial score (nSPS) is 15.2. The molecule has 180 valence electrons. The van der Waals surface area contributed by atoms with Crippen LogP contribution in [0.1, 0.15) is 33.8 Å². The highest BCUT2D eigenvalue weighted by Crippen LogP contribution is 2.23. The number of aromatic nitrogens is 2. The molecule has 35 heavy (non-hydrogen) atoms. The van der Waals surface area contributed by atoms with E-state index < -0.39 is 0 Å². The molecular weight excluding hydrogens is 438 g/mol. The van der Waals surface area contributed by atoms with Gasteiger partial charge in [0.2, 0.25) is 0 Å². The van der Waals surface area contributed by atoms with Crippen molar-refractivity contribution in [2.24, 2.45) is 0 Å². The van der Waals surface area contributed by atoms with Gasteiger partial charge in [0.25, 0.3) is 5.91 Å². The van der Waals surface area contributed by atoms with Crippen molar-refractivity contribution in [1.29, 1.82) is 0 Å². The SMILES string of the molecule is Cc1ccc(-c2cc(C(=O)N3CCN(Cc4ccccc4)CCCNc4ccccc4C3)n[nH]2)o1. The van der Waals surface area contributed by atoms with Crippen LogP contribution in [0.15, 0.2) is 77.2 Å². The molecular formula is C28H31N5O2. The molecule has 0 fully saturated rings. The average molecular weight is 470 g/mol. The highest BCUT2D eigenvalue weighted by atomic mass is 16.3. The summed E-state index contributed by atoms with van der Waals surface area (Å²) >= 11 is 0. The Morgan fingerprint density at radius 1 is 1.00 bits per heavy atom. The quantitative estimate of drug-likeness (QED) is 0.443. The standard InChI is InChI=1S/C28H31N5O2/c1-21-12-13-27(35-21)25-18-26(31-30-25)28(34)33-17-16-32(19-22-8-3-2-4-9-22)15-7-14-29-24-11-6-5-10-23(24)20-33/h2-6,8-13,18,29H,7,14-17,19-20H2,1H3,(H,30,31). The van der Waals surface area contributed by atoms with Crippen LogP contribution in [0.2, 0.25) is 0 Å². The molecule has 0 atom stereocenters. The third-order valence-electron chi connectivity index (χ3n) is 6.37. The summed E-state index contributed by atoms with van der Waals surface area (Å²) in [5, 5.41) is 10.9. The molecule has 1 aliphatic heterocycles. The third kappa shape index (κ3) is 5.63. The van der Waals surface area contributed by atoms with Gasteiger partial charge in [-0.1, -0.05) is 48.5 Å². The number of carbonyl (C=O) groups is 1. The molecule has 0 aliphatic carbocycles. The number of amides is 1. The molecule has 0 spiro atoms. The number of fused-ring (bicyclic) bond motifs is 1. The van der Waals surface area contributed by atoms with Crippen molar-refractivity contribution in [2.75, 3.05) is 31.5 Å². The van der Waals surface area contributed by atoms with Gasteiger partial charge in [0.05, 0.1) is 0 Å². The van der Waals surface area contributed by atoms with Crippen molar-refractivity contribution in [3.8, 4) is 11.5 Å². The Balaban J connectivity index is 1.39. The Morgan fingerprint density at radius 2 is 1.83 bits per heavy atom. The van der Waals surface area contributed by atoms with Gasteiger partial charge in [0.1, 0.15) is 11.5 Å². The second-order valence-corrected chi connectivity index (χ2v) is 9.00.